The van der Waals surface area contributed by atoms with Crippen LogP contribution in [0.4, 0.5) is 10.6 Å². The van der Waals surface area contributed by atoms with E-state index < -0.39 is 54.3 Å². The summed E-state index contributed by atoms with van der Waals surface area (Å²) < 4.78 is 17.8. The zero-order chi connectivity index (χ0) is 33.3. The number of anilines is 1. The van der Waals surface area contributed by atoms with Gasteiger partial charge in [-0.2, -0.15) is 5.10 Å². The SMILES string of the molecule is C[C@@H](OC(=O)Nc1c(-c2ccc(-c3ccc(C4(C(=O)OC5OC(C=O)C(O)C(O)C5O)CC4)cc3)cc2)cnn1C)c1ccccc1. The van der Waals surface area contributed by atoms with Crippen LogP contribution < -0.4 is 5.32 Å². The van der Waals surface area contributed by atoms with Crippen LogP contribution in [-0.4, -0.2) is 74.2 Å². The zero-order valence-electron chi connectivity index (χ0n) is 25.7. The first-order valence-corrected chi connectivity index (χ1v) is 15.2. The number of hydrogen-bond donors (Lipinski definition) is 4. The van der Waals surface area contributed by atoms with Crippen LogP contribution in [-0.2, 0) is 36.3 Å². The number of aldehydes is 1. The molecular formula is C35H35N3O9. The first-order valence-electron chi connectivity index (χ1n) is 15.2. The molecule has 1 aromatic heterocycles. The van der Waals surface area contributed by atoms with E-state index in [1.165, 1.54) is 0 Å². The molecule has 1 aliphatic carbocycles. The minimum atomic E-state index is -1.71. The molecule has 5 unspecified atom stereocenters. The molecule has 1 saturated carbocycles. The second kappa shape index (κ2) is 13.1. The molecule has 0 bridgehead atoms. The van der Waals surface area contributed by atoms with Gasteiger partial charge in [-0.15, -0.1) is 0 Å². The van der Waals surface area contributed by atoms with Gasteiger partial charge in [0.25, 0.3) is 0 Å². The van der Waals surface area contributed by atoms with Crippen molar-refractivity contribution in [1.29, 1.82) is 0 Å². The van der Waals surface area contributed by atoms with Crippen LogP contribution in [0.25, 0.3) is 22.3 Å². The number of benzene rings is 3. The number of esters is 1. The summed E-state index contributed by atoms with van der Waals surface area (Å²) in [6, 6.07) is 24.7. The molecule has 1 amide bonds. The average molecular weight is 642 g/mol. The average Bonchev–Trinajstić information content (AvgIpc) is 3.83. The van der Waals surface area contributed by atoms with Crippen LogP contribution in [0, 0.1) is 0 Å². The van der Waals surface area contributed by atoms with Crippen molar-refractivity contribution >= 4 is 24.2 Å². The molecule has 2 fully saturated rings. The van der Waals surface area contributed by atoms with E-state index in [1.807, 2.05) is 85.8 Å². The van der Waals surface area contributed by atoms with Crippen molar-refractivity contribution in [2.75, 3.05) is 5.32 Å². The van der Waals surface area contributed by atoms with Gasteiger partial charge in [0, 0.05) is 12.6 Å². The van der Waals surface area contributed by atoms with Gasteiger partial charge in [-0.3, -0.25) is 14.8 Å². The lowest BCUT2D eigenvalue weighted by Crippen LogP contribution is -2.59. The maximum Gasteiger partial charge on any atom is 0.413 e. The van der Waals surface area contributed by atoms with Crippen LogP contribution >= 0.6 is 0 Å². The van der Waals surface area contributed by atoms with Crippen LogP contribution in [0.3, 0.4) is 0 Å². The summed E-state index contributed by atoms with van der Waals surface area (Å²) in [5.41, 5.74) is 4.06. The van der Waals surface area contributed by atoms with Crippen LogP contribution in [0.1, 0.15) is 37.0 Å². The number of amides is 1. The number of ether oxygens (including phenoxy) is 3. The molecule has 6 atom stereocenters. The van der Waals surface area contributed by atoms with Gasteiger partial charge in [0.1, 0.15) is 36.3 Å². The predicted molar refractivity (Wildman–Crippen MR) is 169 cm³/mol. The highest BCUT2D eigenvalue weighted by atomic mass is 16.7. The van der Waals surface area contributed by atoms with Crippen LogP contribution in [0.5, 0.6) is 0 Å². The Morgan fingerprint density at radius 3 is 2.17 bits per heavy atom. The number of carbonyl (C=O) groups is 3. The number of carbonyl (C=O) groups excluding carboxylic acids is 3. The monoisotopic (exact) mass is 641 g/mol. The van der Waals surface area contributed by atoms with Gasteiger partial charge in [-0.25, -0.2) is 4.79 Å². The van der Waals surface area contributed by atoms with Crippen molar-refractivity contribution in [3.63, 3.8) is 0 Å². The van der Waals surface area contributed by atoms with Gasteiger partial charge in [0.05, 0.1) is 11.6 Å². The molecule has 1 saturated heterocycles. The Morgan fingerprint density at radius 1 is 0.936 bits per heavy atom. The standard InChI is InChI=1S/C35H35N3O9/c1-20(21-6-4-3-5-7-21)45-34(44)37-31-26(18-36-38(31)2)24-10-8-22(9-11-24)23-12-14-25(15-13-23)35(16-17-35)33(43)47-32-30(42)29(41)28(40)27(19-39)46-32/h3-15,18-20,27-30,32,40-42H,16-17H2,1-2H3,(H,37,44)/t20-,27?,28?,29?,30?,32?/m1/s1. The number of rotatable bonds is 9. The highest BCUT2D eigenvalue weighted by Crippen LogP contribution is 2.50. The quantitative estimate of drug-likeness (QED) is 0.156. The Morgan fingerprint density at radius 2 is 1.55 bits per heavy atom. The van der Waals surface area contributed by atoms with Crippen molar-refractivity contribution in [3.8, 4) is 22.3 Å². The molecule has 12 heteroatoms. The highest BCUT2D eigenvalue weighted by molar-refractivity contribution is 5.90. The lowest BCUT2D eigenvalue weighted by Gasteiger charge is -2.38. The third-order valence-corrected chi connectivity index (χ3v) is 8.78. The van der Waals surface area contributed by atoms with E-state index in [0.29, 0.717) is 18.7 Å². The number of aliphatic hydroxyl groups excluding tert-OH is 3. The summed E-state index contributed by atoms with van der Waals surface area (Å²) in [5.74, 6) is -0.154. The molecule has 2 heterocycles. The lowest BCUT2D eigenvalue weighted by atomic mass is 9.93. The fourth-order valence-electron chi connectivity index (χ4n) is 5.74. The van der Waals surface area contributed by atoms with E-state index in [0.717, 1.165) is 33.4 Å². The summed E-state index contributed by atoms with van der Waals surface area (Å²) in [6.07, 6.45) is -6.09. The van der Waals surface area contributed by atoms with Crippen LogP contribution in [0.2, 0.25) is 0 Å². The maximum absolute atomic E-state index is 13.2. The number of aryl methyl sites for hydroxylation is 1. The molecule has 3 aromatic carbocycles. The molecule has 4 aromatic rings. The van der Waals surface area contributed by atoms with Crippen molar-refractivity contribution in [3.05, 3.63) is 96.2 Å². The smallest absolute Gasteiger partial charge is 0.413 e. The predicted octanol–water partition coefficient (Wildman–Crippen LogP) is 3.65. The Hall–Kier alpha value is -4.88. The van der Waals surface area contributed by atoms with Gasteiger partial charge >= 0.3 is 12.1 Å². The Bertz CT molecular complexity index is 1740. The second-order valence-electron chi connectivity index (χ2n) is 11.8. The third kappa shape index (κ3) is 6.41. The van der Waals surface area contributed by atoms with Gasteiger partial charge < -0.3 is 34.3 Å². The molecule has 1 aliphatic heterocycles. The lowest BCUT2D eigenvalue weighted by molar-refractivity contribution is -0.280. The largest absolute Gasteiger partial charge is 0.441 e. The first-order chi connectivity index (χ1) is 22.6. The molecule has 0 radical (unpaired) electrons. The number of nitrogens with zero attached hydrogens (tertiary/aromatic N) is 2. The fraction of sp³-hybridized carbons (Fsp3) is 0.314. The van der Waals surface area contributed by atoms with Gasteiger partial charge in [-0.1, -0.05) is 78.9 Å². The Labute approximate surface area is 270 Å². The summed E-state index contributed by atoms with van der Waals surface area (Å²) >= 11 is 0. The highest BCUT2D eigenvalue weighted by Gasteiger charge is 2.55. The summed E-state index contributed by atoms with van der Waals surface area (Å²) in [7, 11) is 1.73. The summed E-state index contributed by atoms with van der Waals surface area (Å²) in [6.45, 7) is 1.81. The molecule has 6 rings (SSSR count). The van der Waals surface area contributed by atoms with Gasteiger partial charge in [-0.05, 0) is 47.6 Å². The van der Waals surface area contributed by atoms with Crippen molar-refractivity contribution < 1.29 is 43.9 Å². The van der Waals surface area contributed by atoms with Crippen molar-refractivity contribution in [2.24, 2.45) is 7.05 Å². The van der Waals surface area contributed by atoms with Crippen molar-refractivity contribution in [2.45, 2.75) is 62.0 Å². The van der Waals surface area contributed by atoms with Crippen molar-refractivity contribution in [1.82, 2.24) is 9.78 Å². The van der Waals surface area contributed by atoms with E-state index in [-0.39, 0.29) is 6.29 Å². The molecule has 0 spiro atoms. The van der Waals surface area contributed by atoms with Crippen LogP contribution in [0.15, 0.2) is 85.1 Å². The zero-order valence-corrected chi connectivity index (χ0v) is 25.7. The number of aliphatic hydroxyl groups is 3. The number of hydrogen-bond acceptors (Lipinski definition) is 10. The summed E-state index contributed by atoms with van der Waals surface area (Å²) in [5, 5.41) is 37.3. The summed E-state index contributed by atoms with van der Waals surface area (Å²) in [4.78, 5) is 37.1. The molecule has 47 heavy (non-hydrogen) atoms. The Balaban J connectivity index is 1.11. The maximum atomic E-state index is 13.2. The van der Waals surface area contributed by atoms with Gasteiger partial charge in [0.15, 0.2) is 6.29 Å². The molecular weight excluding hydrogens is 606 g/mol. The molecule has 12 nitrogen and oxygen atoms in total. The Kier molecular flexibility index (Phi) is 8.93. The van der Waals surface area contributed by atoms with E-state index in [2.05, 4.69) is 10.4 Å². The third-order valence-electron chi connectivity index (χ3n) is 8.78. The van der Waals surface area contributed by atoms with E-state index in [4.69, 9.17) is 14.2 Å². The second-order valence-corrected chi connectivity index (χ2v) is 11.8. The topological polar surface area (TPSA) is 169 Å². The van der Waals surface area contributed by atoms with E-state index >= 15 is 0 Å². The van der Waals surface area contributed by atoms with Gasteiger partial charge in [0.2, 0.25) is 6.29 Å². The number of aromatic nitrogens is 2. The minimum Gasteiger partial charge on any atom is -0.441 e. The fourth-order valence-corrected chi connectivity index (χ4v) is 5.74. The van der Waals surface area contributed by atoms with E-state index in [1.54, 1.807) is 17.9 Å². The molecule has 4 N–H and O–H groups in total. The molecule has 244 valence electrons. The first kappa shape index (κ1) is 32.1. The minimum absolute atomic E-state index is 0.288. The normalized spacial score (nSPS) is 23.7. The van der Waals surface area contributed by atoms with E-state index in [9.17, 15) is 29.7 Å². The molecule has 2 aliphatic rings. The number of nitrogens with one attached hydrogen (secondary N) is 1.